The molecule has 3 aromatic heterocycles. The molecule has 2 nitrogen and oxygen atoms in total. The molecule has 0 unspecified atom stereocenters. The summed E-state index contributed by atoms with van der Waals surface area (Å²) in [5.74, 6) is 0. The highest BCUT2D eigenvalue weighted by molar-refractivity contribution is 7.26. The molecule has 0 radical (unpaired) electrons. The van der Waals surface area contributed by atoms with E-state index in [-0.39, 0.29) is 0 Å². The maximum Gasteiger partial charge on any atom is 0.136 e. The zero-order chi connectivity index (χ0) is 43.1. The van der Waals surface area contributed by atoms with Crippen molar-refractivity contribution in [3.05, 3.63) is 241 Å². The number of hydrogen-bond donors (Lipinski definition) is 0. The SMILES string of the molecule is c1ccc(C2(c3ccccc3)c3ccccc3-c3c2ccc2oc4cc(-c5c6ccccc6c(-c6ccc7oc8ccc9sc%10ccccc%10c9c8c7c6)c6ccccc56)ccc4c32)cc1. The van der Waals surface area contributed by atoms with E-state index < -0.39 is 5.41 Å². The smallest absolute Gasteiger partial charge is 0.136 e. The molecule has 0 amide bonds. The van der Waals surface area contributed by atoms with Gasteiger partial charge in [0.1, 0.15) is 22.3 Å². The van der Waals surface area contributed by atoms with Gasteiger partial charge in [0, 0.05) is 41.7 Å². The monoisotopic (exact) mass is 856 g/mol. The lowest BCUT2D eigenvalue weighted by atomic mass is 9.67. The number of rotatable bonds is 4. The van der Waals surface area contributed by atoms with Gasteiger partial charge in [-0.15, -0.1) is 11.3 Å². The second-order valence-corrected chi connectivity index (χ2v) is 18.8. The summed E-state index contributed by atoms with van der Waals surface area (Å²) in [6.45, 7) is 0. The first-order valence-corrected chi connectivity index (χ1v) is 23.5. The van der Waals surface area contributed by atoms with Gasteiger partial charge < -0.3 is 8.83 Å². The average molecular weight is 857 g/mol. The highest BCUT2D eigenvalue weighted by Crippen LogP contribution is 2.59. The molecular weight excluding hydrogens is 821 g/mol. The molecule has 0 fully saturated rings. The van der Waals surface area contributed by atoms with Crippen molar-refractivity contribution in [2.45, 2.75) is 5.41 Å². The van der Waals surface area contributed by atoms with Crippen molar-refractivity contribution in [3.8, 4) is 33.4 Å². The molecule has 1 aliphatic rings. The van der Waals surface area contributed by atoms with Crippen molar-refractivity contribution < 1.29 is 8.83 Å². The minimum absolute atomic E-state index is 0.481. The highest BCUT2D eigenvalue weighted by Gasteiger charge is 2.47. The molecule has 3 heteroatoms. The van der Waals surface area contributed by atoms with E-state index in [4.69, 9.17) is 8.83 Å². The quantitative estimate of drug-likeness (QED) is 0.165. The average Bonchev–Trinajstić information content (AvgIpc) is 4.13. The van der Waals surface area contributed by atoms with Crippen LogP contribution in [-0.2, 0) is 5.41 Å². The lowest BCUT2D eigenvalue weighted by molar-refractivity contribution is 0.668. The number of benzene rings is 11. The first-order valence-electron chi connectivity index (χ1n) is 22.7. The van der Waals surface area contributed by atoms with Gasteiger partial charge in [0.25, 0.3) is 0 Å². The molecule has 0 bridgehead atoms. The topological polar surface area (TPSA) is 26.3 Å². The summed E-state index contributed by atoms with van der Waals surface area (Å²) in [6.07, 6.45) is 0. The van der Waals surface area contributed by atoms with Gasteiger partial charge >= 0.3 is 0 Å². The maximum absolute atomic E-state index is 6.96. The summed E-state index contributed by atoms with van der Waals surface area (Å²) in [6, 6.07) is 80.0. The Bertz CT molecular complexity index is 4240. The molecule has 1 aliphatic carbocycles. The molecule has 66 heavy (non-hydrogen) atoms. The number of furan rings is 2. The van der Waals surface area contributed by atoms with Gasteiger partial charge in [-0.05, 0) is 126 Å². The summed E-state index contributed by atoms with van der Waals surface area (Å²) in [4.78, 5) is 0. The fourth-order valence-corrected chi connectivity index (χ4v) is 13.1. The second-order valence-electron chi connectivity index (χ2n) is 17.8. The molecule has 11 aromatic carbocycles. The van der Waals surface area contributed by atoms with Gasteiger partial charge in [-0.25, -0.2) is 0 Å². The third-order valence-corrected chi connectivity index (χ3v) is 15.7. The van der Waals surface area contributed by atoms with E-state index in [1.165, 1.54) is 97.2 Å². The molecule has 15 rings (SSSR count). The van der Waals surface area contributed by atoms with Gasteiger partial charge in [0.05, 0.1) is 5.41 Å². The van der Waals surface area contributed by atoms with Crippen molar-refractivity contribution >= 4 is 96.9 Å². The molecule has 0 saturated heterocycles. The van der Waals surface area contributed by atoms with Crippen molar-refractivity contribution in [2.75, 3.05) is 0 Å². The zero-order valence-corrected chi connectivity index (χ0v) is 36.3. The van der Waals surface area contributed by atoms with Crippen LogP contribution < -0.4 is 0 Å². The minimum Gasteiger partial charge on any atom is -0.456 e. The maximum atomic E-state index is 6.96. The van der Waals surface area contributed by atoms with Gasteiger partial charge in [-0.1, -0.05) is 170 Å². The first-order chi connectivity index (χ1) is 32.7. The molecule has 0 spiro atoms. The summed E-state index contributed by atoms with van der Waals surface area (Å²) in [5.41, 5.74) is 15.4. The van der Waals surface area contributed by atoms with Gasteiger partial charge in [0.15, 0.2) is 0 Å². The Kier molecular flexibility index (Phi) is 7.34. The highest BCUT2D eigenvalue weighted by atomic mass is 32.1. The van der Waals surface area contributed by atoms with Crippen LogP contribution in [0.15, 0.2) is 227 Å². The van der Waals surface area contributed by atoms with Crippen LogP contribution in [0.3, 0.4) is 0 Å². The van der Waals surface area contributed by atoms with Crippen molar-refractivity contribution in [2.24, 2.45) is 0 Å². The Morgan fingerprint density at radius 1 is 0.303 bits per heavy atom. The third-order valence-electron chi connectivity index (χ3n) is 14.5. The fourth-order valence-electron chi connectivity index (χ4n) is 11.9. The Morgan fingerprint density at radius 2 is 0.848 bits per heavy atom. The molecule has 306 valence electrons. The fraction of sp³-hybridized carbons (Fsp3) is 0.0159. The predicted molar refractivity (Wildman–Crippen MR) is 277 cm³/mol. The molecule has 0 aliphatic heterocycles. The molecule has 3 heterocycles. The van der Waals surface area contributed by atoms with Crippen LogP contribution in [0, 0.1) is 0 Å². The summed E-state index contributed by atoms with van der Waals surface area (Å²) in [5, 5.41) is 12.0. The van der Waals surface area contributed by atoms with Crippen LogP contribution in [0.4, 0.5) is 0 Å². The molecule has 0 N–H and O–H groups in total. The normalized spacial score (nSPS) is 13.3. The van der Waals surface area contributed by atoms with E-state index in [1.807, 2.05) is 11.3 Å². The molecule has 14 aromatic rings. The Morgan fingerprint density at radius 3 is 1.56 bits per heavy atom. The standard InChI is InChI=1S/C63H36O2S/c1-3-15-39(16-4-1)63(40-17-5-2-6-18-40)49-25-13-11-23-45(49)59-50(63)30-32-52-60(59)46-29-27-38(36-54(46)65-52)58-43-21-9-7-19-41(43)57(42-20-8-10-22-44(42)58)37-28-31-51-48(35-37)61-53(64-51)33-34-56-62(61)47-24-12-14-26-55(47)66-56/h1-36H. The number of thiophene rings is 1. The Balaban J connectivity index is 0.955. The minimum atomic E-state index is -0.481. The Hall–Kier alpha value is -8.24. The van der Waals surface area contributed by atoms with Crippen LogP contribution in [0.2, 0.25) is 0 Å². The summed E-state index contributed by atoms with van der Waals surface area (Å²) < 4.78 is 16.1. The molecular formula is C63H36O2S. The second kappa shape index (κ2) is 13.4. The number of fused-ring (bicyclic) bond motifs is 16. The van der Waals surface area contributed by atoms with E-state index in [0.717, 1.165) is 44.1 Å². The van der Waals surface area contributed by atoms with E-state index in [0.29, 0.717) is 0 Å². The first kappa shape index (κ1) is 36.1. The number of hydrogen-bond acceptors (Lipinski definition) is 3. The lowest BCUT2D eigenvalue weighted by Crippen LogP contribution is -2.28. The van der Waals surface area contributed by atoms with Crippen LogP contribution in [0.1, 0.15) is 22.3 Å². The van der Waals surface area contributed by atoms with Crippen molar-refractivity contribution in [1.29, 1.82) is 0 Å². The van der Waals surface area contributed by atoms with Gasteiger partial charge in [-0.3, -0.25) is 0 Å². The zero-order valence-electron chi connectivity index (χ0n) is 35.5. The van der Waals surface area contributed by atoms with E-state index in [1.54, 1.807) is 0 Å². The van der Waals surface area contributed by atoms with E-state index >= 15 is 0 Å². The van der Waals surface area contributed by atoms with Crippen molar-refractivity contribution in [1.82, 2.24) is 0 Å². The van der Waals surface area contributed by atoms with Crippen molar-refractivity contribution in [3.63, 3.8) is 0 Å². The largest absolute Gasteiger partial charge is 0.456 e. The van der Waals surface area contributed by atoms with Crippen LogP contribution in [-0.4, -0.2) is 0 Å². The van der Waals surface area contributed by atoms with E-state index in [9.17, 15) is 0 Å². The molecule has 0 atom stereocenters. The van der Waals surface area contributed by atoms with Gasteiger partial charge in [0.2, 0.25) is 0 Å². The predicted octanol–water partition coefficient (Wildman–Crippen LogP) is 17.9. The lowest BCUT2D eigenvalue weighted by Gasteiger charge is -2.33. The van der Waals surface area contributed by atoms with Crippen LogP contribution >= 0.6 is 11.3 Å². The Labute approximate surface area is 383 Å². The van der Waals surface area contributed by atoms with Crippen LogP contribution in [0.5, 0.6) is 0 Å². The third kappa shape index (κ3) is 4.74. The molecule has 0 saturated carbocycles. The van der Waals surface area contributed by atoms with Gasteiger partial charge in [-0.2, -0.15) is 0 Å². The summed E-state index contributed by atoms with van der Waals surface area (Å²) in [7, 11) is 0. The van der Waals surface area contributed by atoms with E-state index in [2.05, 4.69) is 218 Å². The van der Waals surface area contributed by atoms with Crippen LogP contribution in [0.25, 0.3) is 119 Å². The summed E-state index contributed by atoms with van der Waals surface area (Å²) >= 11 is 1.85.